The summed E-state index contributed by atoms with van der Waals surface area (Å²) >= 11 is 12.5. The first kappa shape index (κ1) is 18.8. The maximum Gasteiger partial charge on any atom is 0.269 e. The number of benzene rings is 2. The van der Waals surface area contributed by atoms with Gasteiger partial charge in [0, 0.05) is 25.2 Å². The molecule has 3 aromatic rings. The van der Waals surface area contributed by atoms with Crippen LogP contribution in [0.2, 0.25) is 10.0 Å². The van der Waals surface area contributed by atoms with Crippen molar-refractivity contribution in [2.45, 2.75) is 6.42 Å². The van der Waals surface area contributed by atoms with Crippen LogP contribution in [0.4, 0.5) is 5.69 Å². The highest BCUT2D eigenvalue weighted by atomic mass is 35.5. The summed E-state index contributed by atoms with van der Waals surface area (Å²) in [6.07, 6.45) is 1.01. The van der Waals surface area contributed by atoms with Crippen LogP contribution < -0.4 is 10.2 Å². The molecule has 1 saturated heterocycles. The Balaban J connectivity index is 1.34. The predicted octanol–water partition coefficient (Wildman–Crippen LogP) is 4.64. The zero-order valence-electron chi connectivity index (χ0n) is 15.2. The molecule has 2 heterocycles. The van der Waals surface area contributed by atoms with Gasteiger partial charge in [-0.2, -0.15) is 5.10 Å². The highest BCUT2D eigenvalue weighted by molar-refractivity contribution is 6.33. The molecular weight excluding hydrogens is 395 g/mol. The number of hydrogen-bond acceptors (Lipinski definition) is 3. The lowest BCUT2D eigenvalue weighted by Crippen LogP contribution is -2.31. The van der Waals surface area contributed by atoms with Gasteiger partial charge in [0.15, 0.2) is 0 Å². The zero-order chi connectivity index (χ0) is 19.5. The summed E-state index contributed by atoms with van der Waals surface area (Å²) in [4.78, 5) is 14.8. The largest absolute Gasteiger partial charge is 0.370 e. The van der Waals surface area contributed by atoms with Gasteiger partial charge in [0.25, 0.3) is 5.91 Å². The fraction of sp³-hybridized carbons (Fsp3) is 0.238. The van der Waals surface area contributed by atoms with E-state index in [0.29, 0.717) is 28.9 Å². The Morgan fingerprint density at radius 3 is 2.68 bits per heavy atom. The number of aromatic amines is 1. The molecule has 1 aliphatic rings. The maximum atomic E-state index is 12.5. The van der Waals surface area contributed by atoms with E-state index >= 15 is 0 Å². The molecule has 1 amide bonds. The molecule has 144 valence electrons. The quantitative estimate of drug-likeness (QED) is 0.638. The van der Waals surface area contributed by atoms with Crippen LogP contribution in [-0.4, -0.2) is 35.7 Å². The van der Waals surface area contributed by atoms with E-state index in [1.54, 1.807) is 12.1 Å². The van der Waals surface area contributed by atoms with Gasteiger partial charge in [0.1, 0.15) is 5.69 Å². The summed E-state index contributed by atoms with van der Waals surface area (Å²) < 4.78 is 0. The molecule has 1 fully saturated rings. The van der Waals surface area contributed by atoms with E-state index in [2.05, 4.69) is 20.4 Å². The lowest BCUT2D eigenvalue weighted by atomic mass is 10.1. The van der Waals surface area contributed by atoms with Crippen LogP contribution >= 0.6 is 23.2 Å². The van der Waals surface area contributed by atoms with Crippen LogP contribution in [0.1, 0.15) is 16.9 Å². The van der Waals surface area contributed by atoms with Gasteiger partial charge in [0.05, 0.1) is 21.4 Å². The first-order valence-corrected chi connectivity index (χ1v) is 9.95. The lowest BCUT2D eigenvalue weighted by molar-refractivity contribution is 0.0943. The molecule has 5 nitrogen and oxygen atoms in total. The molecule has 0 saturated carbocycles. The van der Waals surface area contributed by atoms with Crippen LogP contribution in [0.25, 0.3) is 11.3 Å². The molecule has 1 atom stereocenters. The van der Waals surface area contributed by atoms with Crippen molar-refractivity contribution in [1.82, 2.24) is 15.5 Å². The number of carbonyl (C=O) groups excluding carboxylic acids is 1. The second kappa shape index (κ2) is 8.25. The van der Waals surface area contributed by atoms with E-state index in [-0.39, 0.29) is 5.91 Å². The number of H-pyrrole nitrogens is 1. The highest BCUT2D eigenvalue weighted by Crippen LogP contribution is 2.30. The average Bonchev–Trinajstić information content (AvgIpc) is 3.37. The van der Waals surface area contributed by atoms with Gasteiger partial charge in [0.2, 0.25) is 0 Å². The Labute approximate surface area is 173 Å². The molecule has 0 spiro atoms. The summed E-state index contributed by atoms with van der Waals surface area (Å²) in [7, 11) is 0. The Kier molecular flexibility index (Phi) is 5.55. The number of aromatic nitrogens is 2. The molecule has 7 heteroatoms. The highest BCUT2D eigenvalue weighted by Gasteiger charge is 2.24. The number of nitrogens with zero attached hydrogens (tertiary/aromatic N) is 2. The normalized spacial score (nSPS) is 16.4. The predicted molar refractivity (Wildman–Crippen MR) is 113 cm³/mol. The van der Waals surface area contributed by atoms with Gasteiger partial charge in [-0.25, -0.2) is 0 Å². The lowest BCUT2D eigenvalue weighted by Gasteiger charge is -2.20. The number of nitrogens with one attached hydrogen (secondary N) is 2. The van der Waals surface area contributed by atoms with Crippen LogP contribution in [-0.2, 0) is 0 Å². The van der Waals surface area contributed by atoms with Gasteiger partial charge in [-0.1, -0.05) is 53.5 Å². The number of anilines is 1. The molecular formula is C21H20Cl2N4O. The first-order valence-electron chi connectivity index (χ1n) is 9.20. The molecule has 2 aromatic carbocycles. The minimum absolute atomic E-state index is 0.165. The number of amides is 1. The summed E-state index contributed by atoms with van der Waals surface area (Å²) in [5.41, 5.74) is 2.93. The monoisotopic (exact) mass is 414 g/mol. The molecule has 0 bridgehead atoms. The molecule has 28 heavy (non-hydrogen) atoms. The van der Waals surface area contributed by atoms with Crippen LogP contribution in [0.3, 0.4) is 0 Å². The van der Waals surface area contributed by atoms with Crippen molar-refractivity contribution >= 4 is 34.8 Å². The van der Waals surface area contributed by atoms with Crippen molar-refractivity contribution in [2.24, 2.45) is 5.92 Å². The molecule has 2 N–H and O–H groups in total. The Morgan fingerprint density at radius 2 is 1.89 bits per heavy atom. The molecule has 1 aliphatic heterocycles. The van der Waals surface area contributed by atoms with Gasteiger partial charge >= 0.3 is 0 Å². The van der Waals surface area contributed by atoms with E-state index in [1.807, 2.05) is 42.5 Å². The molecule has 1 aromatic heterocycles. The van der Waals surface area contributed by atoms with Crippen molar-refractivity contribution in [1.29, 1.82) is 0 Å². The first-order chi connectivity index (χ1) is 13.6. The van der Waals surface area contributed by atoms with Gasteiger partial charge in [-0.3, -0.25) is 9.89 Å². The Morgan fingerprint density at radius 1 is 1.14 bits per heavy atom. The number of carbonyl (C=O) groups is 1. The third kappa shape index (κ3) is 4.01. The topological polar surface area (TPSA) is 61.0 Å². The van der Waals surface area contributed by atoms with Gasteiger partial charge in [-0.15, -0.1) is 0 Å². The van der Waals surface area contributed by atoms with E-state index < -0.39 is 0 Å². The zero-order valence-corrected chi connectivity index (χ0v) is 16.7. The summed E-state index contributed by atoms with van der Waals surface area (Å²) in [6, 6.07) is 17.0. The van der Waals surface area contributed by atoms with E-state index in [1.165, 1.54) is 0 Å². The fourth-order valence-corrected chi connectivity index (χ4v) is 3.99. The molecule has 1 unspecified atom stereocenters. The average molecular weight is 415 g/mol. The Bertz CT molecular complexity index is 988. The maximum absolute atomic E-state index is 12.5. The van der Waals surface area contributed by atoms with Crippen molar-refractivity contribution in [3.8, 4) is 11.3 Å². The minimum atomic E-state index is -0.165. The third-order valence-electron chi connectivity index (χ3n) is 5.00. The van der Waals surface area contributed by atoms with Crippen molar-refractivity contribution in [3.63, 3.8) is 0 Å². The van der Waals surface area contributed by atoms with Crippen LogP contribution in [0, 0.1) is 5.92 Å². The van der Waals surface area contributed by atoms with Crippen molar-refractivity contribution < 1.29 is 4.79 Å². The second-order valence-corrected chi connectivity index (χ2v) is 7.72. The fourth-order valence-electron chi connectivity index (χ4n) is 3.50. The van der Waals surface area contributed by atoms with Crippen LogP contribution in [0.5, 0.6) is 0 Å². The third-order valence-corrected chi connectivity index (χ3v) is 5.65. The molecule has 0 radical (unpaired) electrons. The number of para-hydroxylation sites is 1. The van der Waals surface area contributed by atoms with Crippen molar-refractivity contribution in [2.75, 3.05) is 24.5 Å². The summed E-state index contributed by atoms with van der Waals surface area (Å²) in [5.74, 6) is 0.216. The molecule has 0 aliphatic carbocycles. The van der Waals surface area contributed by atoms with Gasteiger partial charge in [-0.05, 0) is 36.6 Å². The van der Waals surface area contributed by atoms with Gasteiger partial charge < -0.3 is 10.2 Å². The Hall–Kier alpha value is -2.50. The standard InChI is InChI=1S/C21H20Cl2N4O/c22-16-6-2-1-5-15(16)18-11-19(26-25-18)21(28)24-12-14-9-10-27(13-14)20-8-4-3-7-17(20)23/h1-8,11,14H,9-10,12-13H2,(H,24,28)(H,25,26). The summed E-state index contributed by atoms with van der Waals surface area (Å²) in [6.45, 7) is 2.42. The number of hydrogen-bond donors (Lipinski definition) is 2. The number of halogens is 2. The number of rotatable bonds is 5. The second-order valence-electron chi connectivity index (χ2n) is 6.91. The van der Waals surface area contributed by atoms with E-state index in [9.17, 15) is 4.79 Å². The SMILES string of the molecule is O=C(NCC1CCN(c2ccccc2Cl)C1)c1cc(-c2ccccc2Cl)n[nH]1. The van der Waals surface area contributed by atoms with E-state index in [4.69, 9.17) is 23.2 Å². The minimum Gasteiger partial charge on any atom is -0.370 e. The van der Waals surface area contributed by atoms with Crippen molar-refractivity contribution in [3.05, 3.63) is 70.3 Å². The smallest absolute Gasteiger partial charge is 0.269 e. The summed E-state index contributed by atoms with van der Waals surface area (Å²) in [5, 5.41) is 11.4. The van der Waals surface area contributed by atoms with E-state index in [0.717, 1.165) is 35.8 Å². The molecule has 4 rings (SSSR count). The van der Waals surface area contributed by atoms with Crippen LogP contribution in [0.15, 0.2) is 54.6 Å².